The van der Waals surface area contributed by atoms with Crippen LogP contribution in [0.2, 0.25) is 0 Å². The van der Waals surface area contributed by atoms with Gasteiger partial charge >= 0.3 is 0 Å². The molecule has 0 saturated heterocycles. The average molecular weight is 395 g/mol. The Balaban J connectivity index is 2.00. The van der Waals surface area contributed by atoms with E-state index in [1.807, 2.05) is 30.3 Å². The van der Waals surface area contributed by atoms with Gasteiger partial charge in [-0.05, 0) is 30.5 Å². The molecule has 0 fully saturated rings. The topological polar surface area (TPSA) is 66.0 Å². The Bertz CT molecular complexity index is 995. The predicted molar refractivity (Wildman–Crippen MR) is 110 cm³/mol. The standard InChI is InChI=1S/C23H25NO5/c1-26-18-10-5-7-13(23(18)29-4)21-14-11-19(27-2)20(28-3)12-16(14)24-15-8-6-9-17(25)22(15)21/h5,7,10-12,21,24H,6,8-9H2,1-4H3/t21-/m0/s1. The molecule has 0 saturated carbocycles. The van der Waals surface area contributed by atoms with Gasteiger partial charge in [0.25, 0.3) is 0 Å². The van der Waals surface area contributed by atoms with E-state index in [1.54, 1.807) is 28.4 Å². The van der Waals surface area contributed by atoms with E-state index in [4.69, 9.17) is 18.9 Å². The molecule has 2 aliphatic rings. The second-order valence-corrected chi connectivity index (χ2v) is 7.10. The lowest BCUT2D eigenvalue weighted by atomic mass is 9.75. The lowest BCUT2D eigenvalue weighted by Crippen LogP contribution is -2.27. The highest BCUT2D eigenvalue weighted by molar-refractivity contribution is 6.01. The summed E-state index contributed by atoms with van der Waals surface area (Å²) in [4.78, 5) is 13.0. The van der Waals surface area contributed by atoms with E-state index in [-0.39, 0.29) is 11.7 Å². The first kappa shape index (κ1) is 19.2. The van der Waals surface area contributed by atoms with Gasteiger partial charge in [0, 0.05) is 40.9 Å². The Morgan fingerprint density at radius 3 is 2.28 bits per heavy atom. The largest absolute Gasteiger partial charge is 0.493 e. The van der Waals surface area contributed by atoms with Gasteiger partial charge in [-0.1, -0.05) is 12.1 Å². The maximum absolute atomic E-state index is 13.0. The number of methoxy groups -OCH3 is 4. The summed E-state index contributed by atoms with van der Waals surface area (Å²) in [6.07, 6.45) is 2.22. The van der Waals surface area contributed by atoms with Crippen LogP contribution in [0.4, 0.5) is 5.69 Å². The molecule has 1 N–H and O–H groups in total. The van der Waals surface area contributed by atoms with Gasteiger partial charge in [0.05, 0.1) is 28.4 Å². The van der Waals surface area contributed by atoms with Crippen molar-refractivity contribution in [2.75, 3.05) is 33.8 Å². The number of hydrogen-bond donors (Lipinski definition) is 1. The minimum absolute atomic E-state index is 0.161. The summed E-state index contributed by atoms with van der Waals surface area (Å²) in [7, 11) is 6.46. The molecule has 1 atom stereocenters. The number of ether oxygens (including phenoxy) is 4. The number of fused-ring (bicyclic) bond motifs is 1. The fraction of sp³-hybridized carbons (Fsp3) is 0.348. The monoisotopic (exact) mass is 395 g/mol. The molecule has 29 heavy (non-hydrogen) atoms. The van der Waals surface area contributed by atoms with Crippen LogP contribution in [0.3, 0.4) is 0 Å². The van der Waals surface area contributed by atoms with Crippen LogP contribution >= 0.6 is 0 Å². The molecule has 0 amide bonds. The number of ketones is 1. The molecule has 2 aromatic rings. The number of hydrogen-bond acceptors (Lipinski definition) is 6. The van der Waals surface area contributed by atoms with Crippen molar-refractivity contribution in [3.05, 3.63) is 52.7 Å². The molecule has 0 radical (unpaired) electrons. The molecule has 1 aliphatic heterocycles. The number of nitrogens with one attached hydrogen (secondary N) is 1. The normalized spacial score (nSPS) is 17.8. The molecule has 0 bridgehead atoms. The Hall–Kier alpha value is -3.15. The van der Waals surface area contributed by atoms with Crippen LogP contribution in [0.5, 0.6) is 23.0 Å². The fourth-order valence-corrected chi connectivity index (χ4v) is 4.35. The van der Waals surface area contributed by atoms with Gasteiger partial charge < -0.3 is 24.3 Å². The summed E-state index contributed by atoms with van der Waals surface area (Å²) in [5.74, 6) is 2.41. The van der Waals surface area contributed by atoms with Crippen LogP contribution in [-0.4, -0.2) is 34.2 Å². The molecule has 0 aromatic heterocycles. The third kappa shape index (κ3) is 3.09. The van der Waals surface area contributed by atoms with Crippen LogP contribution in [0.25, 0.3) is 0 Å². The molecule has 0 unspecified atom stereocenters. The maximum atomic E-state index is 13.0. The van der Waals surface area contributed by atoms with Gasteiger partial charge in [-0.2, -0.15) is 0 Å². The number of para-hydroxylation sites is 1. The zero-order valence-electron chi connectivity index (χ0n) is 17.1. The first-order chi connectivity index (χ1) is 14.1. The predicted octanol–water partition coefficient (Wildman–Crippen LogP) is 4.29. The number of rotatable bonds is 5. The van der Waals surface area contributed by atoms with Crippen LogP contribution in [0, 0.1) is 0 Å². The second kappa shape index (κ2) is 7.70. The number of Topliss-reactive ketones (excluding diaryl/α,β-unsaturated/α-hetero) is 1. The van der Waals surface area contributed by atoms with Gasteiger partial charge in [-0.25, -0.2) is 0 Å². The summed E-state index contributed by atoms with van der Waals surface area (Å²) in [6.45, 7) is 0. The van der Waals surface area contributed by atoms with Crippen molar-refractivity contribution in [2.24, 2.45) is 0 Å². The Labute approximate surface area is 170 Å². The van der Waals surface area contributed by atoms with Crippen molar-refractivity contribution in [1.29, 1.82) is 0 Å². The van der Waals surface area contributed by atoms with Crippen molar-refractivity contribution < 1.29 is 23.7 Å². The number of carbonyl (C=O) groups excluding carboxylic acids is 1. The Morgan fingerprint density at radius 1 is 0.862 bits per heavy atom. The molecule has 2 aromatic carbocycles. The third-order valence-electron chi connectivity index (χ3n) is 5.64. The Morgan fingerprint density at radius 2 is 1.59 bits per heavy atom. The van der Waals surface area contributed by atoms with E-state index >= 15 is 0 Å². The lowest BCUT2D eigenvalue weighted by molar-refractivity contribution is -0.116. The van der Waals surface area contributed by atoms with Crippen molar-refractivity contribution in [2.45, 2.75) is 25.2 Å². The first-order valence-corrected chi connectivity index (χ1v) is 9.63. The highest BCUT2D eigenvalue weighted by Gasteiger charge is 2.37. The zero-order chi connectivity index (χ0) is 20.5. The average Bonchev–Trinajstić information content (AvgIpc) is 2.76. The quantitative estimate of drug-likeness (QED) is 0.815. The minimum atomic E-state index is -0.279. The summed E-state index contributed by atoms with van der Waals surface area (Å²) < 4.78 is 22.3. The fourth-order valence-electron chi connectivity index (χ4n) is 4.35. The third-order valence-corrected chi connectivity index (χ3v) is 5.64. The number of benzene rings is 2. The summed E-state index contributed by atoms with van der Waals surface area (Å²) in [5.41, 5.74) is 4.51. The minimum Gasteiger partial charge on any atom is -0.493 e. The van der Waals surface area contributed by atoms with Crippen molar-refractivity contribution in [1.82, 2.24) is 0 Å². The molecule has 0 spiro atoms. The molecule has 6 nitrogen and oxygen atoms in total. The van der Waals surface area contributed by atoms with Crippen LogP contribution in [0.1, 0.15) is 36.3 Å². The number of carbonyl (C=O) groups is 1. The molecule has 152 valence electrons. The number of anilines is 1. The smallest absolute Gasteiger partial charge is 0.164 e. The zero-order valence-corrected chi connectivity index (χ0v) is 17.1. The molecule has 1 heterocycles. The van der Waals surface area contributed by atoms with Crippen LogP contribution in [0.15, 0.2) is 41.6 Å². The highest BCUT2D eigenvalue weighted by atomic mass is 16.5. The first-order valence-electron chi connectivity index (χ1n) is 9.63. The van der Waals surface area contributed by atoms with Gasteiger partial charge in [-0.3, -0.25) is 4.79 Å². The van der Waals surface area contributed by atoms with Gasteiger partial charge in [0.15, 0.2) is 28.8 Å². The van der Waals surface area contributed by atoms with Gasteiger partial charge in [0.2, 0.25) is 0 Å². The van der Waals surface area contributed by atoms with Crippen LogP contribution in [-0.2, 0) is 4.79 Å². The second-order valence-electron chi connectivity index (χ2n) is 7.10. The molecular formula is C23H25NO5. The SMILES string of the molecule is COc1cc2c(cc1OC)[C@H](c1cccc(OC)c1OC)C1=C(CCCC1=O)N2. The van der Waals surface area contributed by atoms with Crippen molar-refractivity contribution in [3.8, 4) is 23.0 Å². The molecule has 6 heteroatoms. The maximum Gasteiger partial charge on any atom is 0.164 e. The molecule has 4 rings (SSSR count). The van der Waals surface area contributed by atoms with E-state index in [9.17, 15) is 4.79 Å². The highest BCUT2D eigenvalue weighted by Crippen LogP contribution is 2.51. The van der Waals surface area contributed by atoms with Crippen molar-refractivity contribution >= 4 is 11.5 Å². The van der Waals surface area contributed by atoms with Gasteiger partial charge in [-0.15, -0.1) is 0 Å². The summed E-state index contributed by atoms with van der Waals surface area (Å²) >= 11 is 0. The summed E-state index contributed by atoms with van der Waals surface area (Å²) in [6, 6.07) is 9.64. The lowest BCUT2D eigenvalue weighted by Gasteiger charge is -2.35. The molecular weight excluding hydrogens is 370 g/mol. The van der Waals surface area contributed by atoms with E-state index in [0.717, 1.165) is 40.9 Å². The van der Waals surface area contributed by atoms with E-state index < -0.39 is 0 Å². The van der Waals surface area contributed by atoms with E-state index in [1.165, 1.54) is 0 Å². The van der Waals surface area contributed by atoms with E-state index in [2.05, 4.69) is 5.32 Å². The van der Waals surface area contributed by atoms with Gasteiger partial charge in [0.1, 0.15) is 0 Å². The molecule has 1 aliphatic carbocycles. The van der Waals surface area contributed by atoms with Crippen molar-refractivity contribution in [3.63, 3.8) is 0 Å². The van der Waals surface area contributed by atoms with E-state index in [0.29, 0.717) is 29.4 Å². The number of allylic oxidation sites excluding steroid dienone is 2. The Kier molecular flexibility index (Phi) is 5.09. The van der Waals surface area contributed by atoms with Crippen LogP contribution < -0.4 is 24.3 Å². The summed E-state index contributed by atoms with van der Waals surface area (Å²) in [5, 5.41) is 3.47.